The van der Waals surface area contributed by atoms with Gasteiger partial charge in [-0.2, -0.15) is 0 Å². The van der Waals surface area contributed by atoms with Gasteiger partial charge in [0.25, 0.3) is 0 Å². The Labute approximate surface area is 113 Å². The molecule has 2 aliphatic carbocycles. The molecule has 4 rings (SSSR count). The van der Waals surface area contributed by atoms with Crippen LogP contribution in [0.2, 0.25) is 0 Å². The lowest BCUT2D eigenvalue weighted by atomic mass is 9.91. The van der Waals surface area contributed by atoms with E-state index in [0.717, 1.165) is 36.9 Å². The number of nitrogens with zero attached hydrogens (tertiary/aromatic N) is 1. The molecule has 2 nitrogen and oxygen atoms in total. The lowest BCUT2D eigenvalue weighted by Crippen LogP contribution is -2.44. The van der Waals surface area contributed by atoms with Gasteiger partial charge < -0.3 is 4.90 Å². The molecule has 0 unspecified atom stereocenters. The summed E-state index contributed by atoms with van der Waals surface area (Å²) in [6, 6.07) is 3.65. The molecule has 4 heteroatoms. The van der Waals surface area contributed by atoms with E-state index in [1.165, 1.54) is 12.5 Å². The number of hydrogen-bond donors (Lipinski definition) is 0. The Morgan fingerprint density at radius 1 is 1.33 bits per heavy atom. The van der Waals surface area contributed by atoms with Crippen LogP contribution in [0.4, 0.5) is 10.1 Å². The van der Waals surface area contributed by atoms with Crippen molar-refractivity contribution in [3.05, 3.63) is 28.0 Å². The van der Waals surface area contributed by atoms with E-state index >= 15 is 0 Å². The summed E-state index contributed by atoms with van der Waals surface area (Å²) in [7, 11) is 0. The van der Waals surface area contributed by atoms with Crippen molar-refractivity contribution in [2.45, 2.75) is 43.6 Å². The number of hydrogen-bond acceptors (Lipinski definition) is 1. The number of amides is 1. The second-order valence-corrected chi connectivity index (χ2v) is 6.48. The average Bonchev–Trinajstić information content (AvgIpc) is 3.03. The molecule has 2 fully saturated rings. The summed E-state index contributed by atoms with van der Waals surface area (Å²) in [5.74, 6) is -0.0664. The van der Waals surface area contributed by atoms with Crippen molar-refractivity contribution in [3.8, 4) is 0 Å². The van der Waals surface area contributed by atoms with Gasteiger partial charge in [-0.05, 0) is 65.7 Å². The quantitative estimate of drug-likeness (QED) is 0.777. The van der Waals surface area contributed by atoms with Crippen LogP contribution in [0.1, 0.15) is 37.7 Å². The van der Waals surface area contributed by atoms with Crippen molar-refractivity contribution in [1.29, 1.82) is 0 Å². The molecule has 0 N–H and O–H groups in total. The van der Waals surface area contributed by atoms with Crippen molar-refractivity contribution in [2.75, 3.05) is 4.90 Å². The smallest absolute Gasteiger partial charge is 0.237 e. The molecule has 0 radical (unpaired) electrons. The van der Waals surface area contributed by atoms with E-state index < -0.39 is 0 Å². The molecule has 1 aromatic rings. The van der Waals surface area contributed by atoms with Gasteiger partial charge in [0.15, 0.2) is 0 Å². The highest BCUT2D eigenvalue weighted by molar-refractivity contribution is 9.10. The van der Waals surface area contributed by atoms with Crippen molar-refractivity contribution in [3.63, 3.8) is 0 Å². The zero-order valence-corrected chi connectivity index (χ0v) is 11.5. The van der Waals surface area contributed by atoms with E-state index in [0.29, 0.717) is 10.5 Å². The zero-order chi connectivity index (χ0) is 12.5. The molecule has 3 aliphatic rings. The second kappa shape index (κ2) is 3.35. The second-order valence-electron chi connectivity index (χ2n) is 5.63. The fourth-order valence-corrected chi connectivity index (χ4v) is 3.53. The van der Waals surface area contributed by atoms with E-state index in [1.807, 2.05) is 11.0 Å². The Hall–Kier alpha value is -0.900. The van der Waals surface area contributed by atoms with Crippen LogP contribution in [0.15, 0.2) is 16.6 Å². The maximum atomic E-state index is 13.7. The summed E-state index contributed by atoms with van der Waals surface area (Å²) < 4.78 is 14.2. The van der Waals surface area contributed by atoms with Crippen molar-refractivity contribution in [2.24, 2.45) is 0 Å². The van der Waals surface area contributed by atoms with Crippen LogP contribution in [0.5, 0.6) is 0 Å². The topological polar surface area (TPSA) is 20.3 Å². The fraction of sp³-hybridized carbons (Fsp3) is 0.500. The van der Waals surface area contributed by atoms with E-state index in [4.69, 9.17) is 0 Å². The number of carbonyl (C=O) groups excluding carboxylic acids is 1. The largest absolute Gasteiger partial charge is 0.308 e. The Bertz CT molecular complexity index is 563. The van der Waals surface area contributed by atoms with Gasteiger partial charge in [0, 0.05) is 6.04 Å². The third kappa shape index (κ3) is 1.20. The zero-order valence-electron chi connectivity index (χ0n) is 9.88. The minimum atomic E-state index is -0.304. The van der Waals surface area contributed by atoms with Gasteiger partial charge in [0.2, 0.25) is 5.91 Å². The summed E-state index contributed by atoms with van der Waals surface area (Å²) in [6.07, 6.45) is 5.12. The monoisotopic (exact) mass is 309 g/mol. The molecule has 0 atom stereocenters. The molecule has 1 amide bonds. The Morgan fingerprint density at radius 3 is 2.61 bits per heavy atom. The molecule has 18 heavy (non-hydrogen) atoms. The molecule has 1 heterocycles. The molecule has 94 valence electrons. The molecule has 1 aliphatic heterocycles. The summed E-state index contributed by atoms with van der Waals surface area (Å²) in [5, 5.41) is 0. The van der Waals surface area contributed by atoms with Crippen LogP contribution in [-0.4, -0.2) is 11.9 Å². The minimum Gasteiger partial charge on any atom is -0.308 e. The van der Waals surface area contributed by atoms with E-state index in [-0.39, 0.29) is 17.1 Å². The van der Waals surface area contributed by atoms with Crippen molar-refractivity contribution in [1.82, 2.24) is 0 Å². The summed E-state index contributed by atoms with van der Waals surface area (Å²) in [6.45, 7) is 0. The first kappa shape index (κ1) is 11.0. The van der Waals surface area contributed by atoms with Gasteiger partial charge in [-0.25, -0.2) is 4.39 Å². The van der Waals surface area contributed by atoms with Crippen LogP contribution in [0.3, 0.4) is 0 Å². The number of rotatable bonds is 1. The highest BCUT2D eigenvalue weighted by Gasteiger charge is 2.60. The minimum absolute atomic E-state index is 0.208. The number of fused-ring (bicyclic) bond motifs is 2. The van der Waals surface area contributed by atoms with E-state index in [1.54, 1.807) is 0 Å². The molecular weight excluding hydrogens is 297 g/mol. The van der Waals surface area contributed by atoms with Crippen LogP contribution < -0.4 is 4.90 Å². The van der Waals surface area contributed by atoms with Gasteiger partial charge in [0.1, 0.15) is 5.82 Å². The summed E-state index contributed by atoms with van der Waals surface area (Å²) in [5.41, 5.74) is 1.55. The molecule has 0 saturated heterocycles. The van der Waals surface area contributed by atoms with Crippen LogP contribution in [0.25, 0.3) is 0 Å². The van der Waals surface area contributed by atoms with Crippen molar-refractivity contribution >= 4 is 27.5 Å². The Kier molecular flexibility index (Phi) is 2.04. The Balaban J connectivity index is 1.90. The fourth-order valence-electron chi connectivity index (χ4n) is 3.19. The first-order chi connectivity index (χ1) is 8.63. The number of halogens is 2. The Morgan fingerprint density at radius 2 is 2.06 bits per heavy atom. The SMILES string of the molecule is O=C1N(C2CCC2)c2cc(F)c(Br)cc2C12CC2. The number of anilines is 1. The molecule has 2 saturated carbocycles. The highest BCUT2D eigenvalue weighted by atomic mass is 79.9. The van der Waals surface area contributed by atoms with Crippen molar-refractivity contribution < 1.29 is 9.18 Å². The molecule has 1 aromatic carbocycles. The van der Waals surface area contributed by atoms with E-state index in [2.05, 4.69) is 15.9 Å². The number of benzene rings is 1. The molecule has 0 aromatic heterocycles. The van der Waals surface area contributed by atoms with E-state index in [9.17, 15) is 9.18 Å². The van der Waals surface area contributed by atoms with Gasteiger partial charge in [0.05, 0.1) is 15.6 Å². The average molecular weight is 310 g/mol. The van der Waals surface area contributed by atoms with Crippen LogP contribution >= 0.6 is 15.9 Å². The molecule has 0 bridgehead atoms. The maximum absolute atomic E-state index is 13.7. The third-order valence-electron chi connectivity index (χ3n) is 4.63. The van der Waals surface area contributed by atoms with Gasteiger partial charge in [-0.1, -0.05) is 0 Å². The van der Waals surface area contributed by atoms with Crippen LogP contribution in [-0.2, 0) is 10.2 Å². The maximum Gasteiger partial charge on any atom is 0.237 e. The van der Waals surface area contributed by atoms with Crippen LogP contribution in [0, 0.1) is 5.82 Å². The van der Waals surface area contributed by atoms with Gasteiger partial charge >= 0.3 is 0 Å². The lowest BCUT2D eigenvalue weighted by Gasteiger charge is -2.35. The predicted octanol–water partition coefficient (Wildman–Crippen LogP) is 3.52. The molecule has 1 spiro atoms. The first-order valence-corrected chi connectivity index (χ1v) is 7.26. The normalized spacial score (nSPS) is 24.3. The third-order valence-corrected chi connectivity index (χ3v) is 5.24. The molecular formula is C14H13BrFNO. The number of carbonyl (C=O) groups is 1. The highest BCUT2D eigenvalue weighted by Crippen LogP contribution is 2.59. The van der Waals surface area contributed by atoms with Gasteiger partial charge in [-0.3, -0.25) is 4.79 Å². The summed E-state index contributed by atoms with van der Waals surface area (Å²) in [4.78, 5) is 14.5. The first-order valence-electron chi connectivity index (χ1n) is 6.47. The predicted molar refractivity (Wildman–Crippen MR) is 70.1 cm³/mol. The standard InChI is InChI=1S/C14H13BrFNO/c15-10-6-9-12(7-11(10)16)17(8-2-1-3-8)13(18)14(9)4-5-14/h6-8H,1-5H2. The van der Waals surface area contributed by atoms with Gasteiger partial charge in [-0.15, -0.1) is 0 Å². The lowest BCUT2D eigenvalue weighted by molar-refractivity contribution is -0.121. The summed E-state index contributed by atoms with van der Waals surface area (Å²) >= 11 is 3.23.